The van der Waals surface area contributed by atoms with Crippen LogP contribution in [0.1, 0.15) is 31.1 Å². The first-order valence-corrected chi connectivity index (χ1v) is 5.84. The number of aromatic carboxylic acids is 1. The van der Waals surface area contributed by atoms with Crippen LogP contribution in [0.5, 0.6) is 0 Å². The molecule has 1 aromatic carbocycles. The molecule has 5 nitrogen and oxygen atoms in total. The van der Waals surface area contributed by atoms with E-state index in [4.69, 9.17) is 4.74 Å². The Hall–Kier alpha value is -2.30. The molecular weight excluding hydrogens is 246 g/mol. The number of carboxylic acid groups (broad SMARTS) is 1. The van der Waals surface area contributed by atoms with Crippen molar-refractivity contribution in [3.8, 4) is 0 Å². The lowest BCUT2D eigenvalue weighted by Crippen LogP contribution is -2.26. The Morgan fingerprint density at radius 1 is 1.21 bits per heavy atom. The molecule has 0 saturated heterocycles. The maximum atomic E-state index is 12.0. The third kappa shape index (κ3) is 2.76. The number of hydrogen-bond donors (Lipinski definition) is 0. The summed E-state index contributed by atoms with van der Waals surface area (Å²) in [4.78, 5) is 22.7. The molecule has 1 heterocycles. The summed E-state index contributed by atoms with van der Waals surface area (Å²) in [5.41, 5.74) is 0.0900. The lowest BCUT2D eigenvalue weighted by molar-refractivity contribution is -0.255. The summed E-state index contributed by atoms with van der Waals surface area (Å²) in [6, 6.07) is 6.08. The van der Waals surface area contributed by atoms with Gasteiger partial charge < -0.3 is 14.6 Å². The van der Waals surface area contributed by atoms with Gasteiger partial charge in [-0.05, 0) is 44.5 Å². The van der Waals surface area contributed by atoms with Gasteiger partial charge in [0.25, 0.3) is 0 Å². The zero-order valence-electron chi connectivity index (χ0n) is 11.0. The van der Waals surface area contributed by atoms with E-state index >= 15 is 0 Å². The van der Waals surface area contributed by atoms with Gasteiger partial charge in [0.15, 0.2) is 0 Å². The highest BCUT2D eigenvalue weighted by Gasteiger charge is 2.18. The van der Waals surface area contributed by atoms with Crippen LogP contribution in [0, 0.1) is 0 Å². The Morgan fingerprint density at radius 2 is 1.89 bits per heavy atom. The fraction of sp³-hybridized carbons (Fsp3) is 0.286. The monoisotopic (exact) mass is 260 g/mol. The highest BCUT2D eigenvalue weighted by Crippen LogP contribution is 2.19. The van der Waals surface area contributed by atoms with Gasteiger partial charge in [0, 0.05) is 11.6 Å². The number of carboxylic acids is 1. The van der Waals surface area contributed by atoms with Crippen LogP contribution in [0.2, 0.25) is 0 Å². The molecule has 2 aromatic rings. The van der Waals surface area contributed by atoms with E-state index in [1.54, 1.807) is 39.1 Å². The molecule has 0 fully saturated rings. The molecule has 1 aromatic heterocycles. The van der Waals surface area contributed by atoms with Gasteiger partial charge in [0.05, 0.1) is 11.5 Å². The molecule has 0 aliphatic carbocycles. The van der Waals surface area contributed by atoms with E-state index in [1.807, 2.05) is 0 Å². The predicted octanol–water partition coefficient (Wildman–Crippen LogP) is 1.79. The van der Waals surface area contributed by atoms with Gasteiger partial charge in [0.2, 0.25) is 0 Å². The van der Waals surface area contributed by atoms with Gasteiger partial charge in [-0.1, -0.05) is 6.07 Å². The smallest absolute Gasteiger partial charge is 0.418 e. The van der Waals surface area contributed by atoms with E-state index in [-0.39, 0.29) is 5.56 Å². The van der Waals surface area contributed by atoms with Crippen LogP contribution in [-0.2, 0) is 4.74 Å². The van der Waals surface area contributed by atoms with E-state index in [1.165, 1.54) is 16.7 Å². The molecule has 0 amide bonds. The Labute approximate surface area is 110 Å². The lowest BCUT2D eigenvalue weighted by Gasteiger charge is -2.19. The van der Waals surface area contributed by atoms with Crippen molar-refractivity contribution in [2.24, 2.45) is 0 Å². The fourth-order valence-corrected chi connectivity index (χ4v) is 1.74. The van der Waals surface area contributed by atoms with Crippen LogP contribution < -0.4 is 5.11 Å². The van der Waals surface area contributed by atoms with E-state index in [0.29, 0.717) is 10.9 Å². The maximum absolute atomic E-state index is 12.0. The van der Waals surface area contributed by atoms with Gasteiger partial charge in [-0.3, -0.25) is 4.57 Å². The zero-order chi connectivity index (χ0) is 14.2. The normalized spacial score (nSPS) is 11.5. The number of aromatic nitrogens is 1. The first-order chi connectivity index (χ1) is 8.78. The standard InChI is InChI=1S/C14H15NO4/c1-14(2,3)19-13(18)15-7-6-9-8-10(12(16)17)4-5-11(9)15/h4-8H,1-3H3,(H,16,17)/p-1. The second-order valence-corrected chi connectivity index (χ2v) is 5.23. The summed E-state index contributed by atoms with van der Waals surface area (Å²) in [6.45, 7) is 5.35. The summed E-state index contributed by atoms with van der Waals surface area (Å²) in [5, 5.41) is 11.4. The molecule has 5 heteroatoms. The highest BCUT2D eigenvalue weighted by atomic mass is 16.6. The highest BCUT2D eigenvalue weighted by molar-refractivity contribution is 5.95. The molecule has 0 atom stereocenters. The summed E-state index contributed by atoms with van der Waals surface area (Å²) >= 11 is 0. The van der Waals surface area contributed by atoms with Crippen LogP contribution in [0.25, 0.3) is 10.9 Å². The van der Waals surface area contributed by atoms with Crippen LogP contribution in [0.4, 0.5) is 4.79 Å². The Bertz CT molecular complexity index is 649. The summed E-state index contributed by atoms with van der Waals surface area (Å²) in [7, 11) is 0. The third-order valence-corrected chi connectivity index (χ3v) is 2.52. The van der Waals surface area contributed by atoms with Crippen molar-refractivity contribution >= 4 is 23.0 Å². The predicted molar refractivity (Wildman–Crippen MR) is 67.9 cm³/mol. The zero-order valence-corrected chi connectivity index (χ0v) is 11.0. The molecule has 0 radical (unpaired) electrons. The van der Waals surface area contributed by atoms with E-state index < -0.39 is 17.7 Å². The van der Waals surface area contributed by atoms with Crippen molar-refractivity contribution in [1.29, 1.82) is 0 Å². The number of fused-ring (bicyclic) bond motifs is 1. The molecule has 0 spiro atoms. The number of ether oxygens (including phenoxy) is 1. The summed E-state index contributed by atoms with van der Waals surface area (Å²) < 4.78 is 6.61. The first kappa shape index (κ1) is 13.1. The number of rotatable bonds is 1. The molecule has 19 heavy (non-hydrogen) atoms. The van der Waals surface area contributed by atoms with Crippen molar-refractivity contribution in [1.82, 2.24) is 4.57 Å². The minimum absolute atomic E-state index is 0.0782. The van der Waals surface area contributed by atoms with Crippen molar-refractivity contribution < 1.29 is 19.4 Å². The minimum atomic E-state index is -1.24. The van der Waals surface area contributed by atoms with Gasteiger partial charge >= 0.3 is 6.09 Å². The van der Waals surface area contributed by atoms with Gasteiger partial charge in [-0.25, -0.2) is 4.79 Å². The summed E-state index contributed by atoms with van der Waals surface area (Å²) in [5.74, 6) is -1.24. The van der Waals surface area contributed by atoms with Crippen molar-refractivity contribution in [3.63, 3.8) is 0 Å². The quantitative estimate of drug-likeness (QED) is 0.783. The SMILES string of the molecule is CC(C)(C)OC(=O)n1ccc2cc(C(=O)[O-])ccc21. The topological polar surface area (TPSA) is 71.4 Å². The molecule has 0 bridgehead atoms. The number of hydrogen-bond acceptors (Lipinski definition) is 4. The van der Waals surface area contributed by atoms with Crippen molar-refractivity contribution in [2.45, 2.75) is 26.4 Å². The number of benzene rings is 1. The van der Waals surface area contributed by atoms with Crippen LogP contribution in [-0.4, -0.2) is 22.2 Å². The van der Waals surface area contributed by atoms with E-state index in [9.17, 15) is 14.7 Å². The van der Waals surface area contributed by atoms with Gasteiger partial charge in [-0.2, -0.15) is 0 Å². The Kier molecular flexibility index (Phi) is 3.06. The third-order valence-electron chi connectivity index (χ3n) is 2.52. The number of carbonyl (C=O) groups excluding carboxylic acids is 2. The largest absolute Gasteiger partial charge is 0.545 e. The molecule has 100 valence electrons. The van der Waals surface area contributed by atoms with Crippen LogP contribution in [0.15, 0.2) is 30.5 Å². The number of nitrogens with zero attached hydrogens (tertiary/aromatic N) is 1. The van der Waals surface area contributed by atoms with Crippen LogP contribution in [0.3, 0.4) is 0 Å². The Morgan fingerprint density at radius 3 is 2.47 bits per heavy atom. The fourth-order valence-electron chi connectivity index (χ4n) is 1.74. The van der Waals surface area contributed by atoms with Gasteiger partial charge in [-0.15, -0.1) is 0 Å². The number of carbonyl (C=O) groups is 2. The molecule has 0 saturated carbocycles. The second kappa shape index (κ2) is 4.42. The van der Waals surface area contributed by atoms with Gasteiger partial charge in [0.1, 0.15) is 5.60 Å². The molecule has 0 unspecified atom stereocenters. The first-order valence-electron chi connectivity index (χ1n) is 5.84. The molecule has 0 aliphatic heterocycles. The molecule has 0 aliphatic rings. The lowest BCUT2D eigenvalue weighted by atomic mass is 10.1. The summed E-state index contributed by atoms with van der Waals surface area (Å²) in [6.07, 6.45) is 1.06. The molecule has 2 rings (SSSR count). The second-order valence-electron chi connectivity index (χ2n) is 5.23. The van der Waals surface area contributed by atoms with Crippen molar-refractivity contribution in [2.75, 3.05) is 0 Å². The van der Waals surface area contributed by atoms with E-state index in [0.717, 1.165) is 0 Å². The minimum Gasteiger partial charge on any atom is -0.545 e. The van der Waals surface area contributed by atoms with Crippen molar-refractivity contribution in [3.05, 3.63) is 36.0 Å². The molecular formula is C14H14NO4-. The van der Waals surface area contributed by atoms with Crippen LogP contribution >= 0.6 is 0 Å². The Balaban J connectivity index is 2.41. The maximum Gasteiger partial charge on any atom is 0.418 e. The van der Waals surface area contributed by atoms with E-state index in [2.05, 4.69) is 0 Å². The average molecular weight is 260 g/mol. The average Bonchev–Trinajstić information content (AvgIpc) is 2.68. The molecule has 0 N–H and O–H groups in total.